The van der Waals surface area contributed by atoms with E-state index in [0.29, 0.717) is 13.2 Å². The second-order valence-corrected chi connectivity index (χ2v) is 6.46. The van der Waals surface area contributed by atoms with Crippen molar-refractivity contribution in [3.8, 4) is 0 Å². The van der Waals surface area contributed by atoms with Crippen molar-refractivity contribution in [1.82, 2.24) is 9.80 Å². The van der Waals surface area contributed by atoms with Crippen LogP contribution in [-0.4, -0.2) is 68.8 Å². The Morgan fingerprint density at radius 1 is 1.25 bits per heavy atom. The molecule has 0 bridgehead atoms. The molecule has 0 radical (unpaired) electrons. The molecule has 1 amide bonds. The van der Waals surface area contributed by atoms with E-state index in [0.717, 1.165) is 45.5 Å². The van der Waals surface area contributed by atoms with Crippen LogP contribution in [0.5, 0.6) is 0 Å². The van der Waals surface area contributed by atoms with Gasteiger partial charge in [0.05, 0.1) is 19.3 Å². The van der Waals surface area contributed by atoms with Crippen molar-refractivity contribution in [2.24, 2.45) is 0 Å². The summed E-state index contributed by atoms with van der Waals surface area (Å²) in [4.78, 5) is 16.4. The largest absolute Gasteiger partial charge is 0.385 e. The van der Waals surface area contributed by atoms with Crippen molar-refractivity contribution in [2.45, 2.75) is 32.0 Å². The van der Waals surface area contributed by atoms with Gasteiger partial charge in [0.1, 0.15) is 0 Å². The van der Waals surface area contributed by atoms with Crippen LogP contribution >= 0.6 is 0 Å². The molecular formula is C19H30N2O3. The van der Waals surface area contributed by atoms with Gasteiger partial charge < -0.3 is 14.4 Å². The molecule has 0 spiro atoms. The number of rotatable bonds is 9. The van der Waals surface area contributed by atoms with Gasteiger partial charge in [-0.2, -0.15) is 0 Å². The van der Waals surface area contributed by atoms with Crippen molar-refractivity contribution in [3.05, 3.63) is 35.9 Å². The van der Waals surface area contributed by atoms with Gasteiger partial charge in [-0.25, -0.2) is 0 Å². The fourth-order valence-corrected chi connectivity index (χ4v) is 2.95. The number of methoxy groups -OCH3 is 1. The average Bonchev–Trinajstić information content (AvgIpc) is 2.61. The number of nitrogens with zero attached hydrogens (tertiary/aromatic N) is 2. The molecule has 5 nitrogen and oxygen atoms in total. The number of hydrogen-bond acceptors (Lipinski definition) is 4. The van der Waals surface area contributed by atoms with Crippen LogP contribution in [0.25, 0.3) is 0 Å². The first kappa shape index (κ1) is 18.9. The van der Waals surface area contributed by atoms with Crippen molar-refractivity contribution >= 4 is 5.91 Å². The predicted molar refractivity (Wildman–Crippen MR) is 94.8 cm³/mol. The Kier molecular flexibility index (Phi) is 8.22. The first-order valence-electron chi connectivity index (χ1n) is 8.80. The zero-order chi connectivity index (χ0) is 17.2. The molecule has 1 fully saturated rings. The summed E-state index contributed by atoms with van der Waals surface area (Å²) >= 11 is 0. The standard InChI is InChI=1S/C19H30N2O3/c1-20(11-6-14-23-2)15-19(22)21-12-9-18(10-13-21)24-16-17-7-4-3-5-8-17/h3-5,7-8,18H,6,9-16H2,1-2H3. The van der Waals surface area contributed by atoms with Crippen molar-refractivity contribution in [1.29, 1.82) is 0 Å². The molecule has 0 atom stereocenters. The molecule has 1 aliphatic heterocycles. The minimum atomic E-state index is 0.219. The summed E-state index contributed by atoms with van der Waals surface area (Å²) in [5.41, 5.74) is 1.20. The molecule has 0 aliphatic carbocycles. The lowest BCUT2D eigenvalue weighted by molar-refractivity contribution is -0.135. The Balaban J connectivity index is 1.63. The quantitative estimate of drug-likeness (QED) is 0.649. The van der Waals surface area contributed by atoms with Crippen LogP contribution in [-0.2, 0) is 20.9 Å². The van der Waals surface area contributed by atoms with E-state index < -0.39 is 0 Å². The number of ether oxygens (including phenoxy) is 2. The van der Waals surface area contributed by atoms with Gasteiger partial charge in [0, 0.05) is 33.4 Å². The fourth-order valence-electron chi connectivity index (χ4n) is 2.95. The third-order valence-electron chi connectivity index (χ3n) is 4.42. The first-order chi connectivity index (χ1) is 11.7. The maximum atomic E-state index is 12.3. The summed E-state index contributed by atoms with van der Waals surface area (Å²) in [6.45, 7) is 4.36. The van der Waals surface area contributed by atoms with Crippen LogP contribution < -0.4 is 0 Å². The highest BCUT2D eigenvalue weighted by Crippen LogP contribution is 2.16. The third-order valence-corrected chi connectivity index (χ3v) is 4.42. The summed E-state index contributed by atoms with van der Waals surface area (Å²) in [5.74, 6) is 0.219. The zero-order valence-corrected chi connectivity index (χ0v) is 14.9. The molecule has 24 heavy (non-hydrogen) atoms. The van der Waals surface area contributed by atoms with Crippen molar-refractivity contribution < 1.29 is 14.3 Å². The Labute approximate surface area is 145 Å². The van der Waals surface area contributed by atoms with Gasteiger partial charge in [0.25, 0.3) is 0 Å². The third kappa shape index (κ3) is 6.59. The van der Waals surface area contributed by atoms with E-state index in [4.69, 9.17) is 9.47 Å². The van der Waals surface area contributed by atoms with E-state index in [2.05, 4.69) is 17.0 Å². The molecule has 2 rings (SSSR count). The highest BCUT2D eigenvalue weighted by molar-refractivity contribution is 5.78. The number of carbonyl (C=O) groups excluding carboxylic acids is 1. The number of likely N-dealkylation sites (tertiary alicyclic amines) is 1. The number of hydrogen-bond donors (Lipinski definition) is 0. The molecular weight excluding hydrogens is 304 g/mol. The van der Waals surface area contributed by atoms with Gasteiger partial charge in [-0.3, -0.25) is 9.69 Å². The van der Waals surface area contributed by atoms with Crippen LogP contribution in [0, 0.1) is 0 Å². The molecule has 1 aliphatic rings. The highest BCUT2D eigenvalue weighted by Gasteiger charge is 2.23. The SMILES string of the molecule is COCCCN(C)CC(=O)N1CCC(OCc2ccccc2)CC1. The minimum Gasteiger partial charge on any atom is -0.385 e. The Bertz CT molecular complexity index is 473. The van der Waals surface area contributed by atoms with Crippen LogP contribution in [0.1, 0.15) is 24.8 Å². The van der Waals surface area contributed by atoms with Gasteiger partial charge in [0.15, 0.2) is 0 Å². The lowest BCUT2D eigenvalue weighted by Gasteiger charge is -2.33. The maximum absolute atomic E-state index is 12.3. The fraction of sp³-hybridized carbons (Fsp3) is 0.632. The predicted octanol–water partition coefficient (Wildman–Crippen LogP) is 2.16. The summed E-state index contributed by atoms with van der Waals surface area (Å²) in [6, 6.07) is 10.2. The van der Waals surface area contributed by atoms with Crippen LogP contribution in [0.3, 0.4) is 0 Å². The lowest BCUT2D eigenvalue weighted by atomic mass is 10.1. The smallest absolute Gasteiger partial charge is 0.236 e. The van der Waals surface area contributed by atoms with Gasteiger partial charge in [-0.1, -0.05) is 30.3 Å². The van der Waals surface area contributed by atoms with Gasteiger partial charge in [-0.05, 0) is 31.9 Å². The highest BCUT2D eigenvalue weighted by atomic mass is 16.5. The summed E-state index contributed by atoms with van der Waals surface area (Å²) in [5, 5.41) is 0. The van der Waals surface area contributed by atoms with E-state index in [9.17, 15) is 4.79 Å². The Morgan fingerprint density at radius 2 is 1.96 bits per heavy atom. The van der Waals surface area contributed by atoms with Crippen LogP contribution in [0.2, 0.25) is 0 Å². The number of likely N-dealkylation sites (N-methyl/N-ethyl adjacent to an activating group) is 1. The van der Waals surface area contributed by atoms with Crippen molar-refractivity contribution in [3.63, 3.8) is 0 Å². The number of benzene rings is 1. The molecule has 0 unspecified atom stereocenters. The summed E-state index contributed by atoms with van der Waals surface area (Å²) in [7, 11) is 3.69. The second-order valence-electron chi connectivity index (χ2n) is 6.46. The minimum absolute atomic E-state index is 0.219. The van der Waals surface area contributed by atoms with E-state index >= 15 is 0 Å². The molecule has 0 saturated carbocycles. The Hall–Kier alpha value is -1.43. The molecule has 134 valence electrons. The molecule has 1 heterocycles. The first-order valence-corrected chi connectivity index (χ1v) is 8.80. The number of piperidine rings is 1. The number of carbonyl (C=O) groups is 1. The van der Waals surface area contributed by atoms with E-state index in [1.54, 1.807) is 7.11 Å². The van der Waals surface area contributed by atoms with E-state index in [1.807, 2.05) is 30.1 Å². The van der Waals surface area contributed by atoms with Crippen LogP contribution in [0.4, 0.5) is 0 Å². The normalized spacial score (nSPS) is 15.9. The van der Waals surface area contributed by atoms with E-state index in [-0.39, 0.29) is 12.0 Å². The molecule has 1 aromatic rings. The van der Waals surface area contributed by atoms with Gasteiger partial charge in [0.2, 0.25) is 5.91 Å². The lowest BCUT2D eigenvalue weighted by Crippen LogP contribution is -2.45. The molecule has 5 heteroatoms. The summed E-state index contributed by atoms with van der Waals surface area (Å²) < 4.78 is 11.0. The van der Waals surface area contributed by atoms with E-state index in [1.165, 1.54) is 5.56 Å². The average molecular weight is 334 g/mol. The van der Waals surface area contributed by atoms with Gasteiger partial charge in [-0.15, -0.1) is 0 Å². The monoisotopic (exact) mass is 334 g/mol. The van der Waals surface area contributed by atoms with Gasteiger partial charge >= 0.3 is 0 Å². The van der Waals surface area contributed by atoms with Crippen LogP contribution in [0.15, 0.2) is 30.3 Å². The topological polar surface area (TPSA) is 42.0 Å². The van der Waals surface area contributed by atoms with Crippen molar-refractivity contribution in [2.75, 3.05) is 46.9 Å². The molecule has 0 N–H and O–H groups in total. The molecule has 0 aromatic heterocycles. The molecule has 1 saturated heterocycles. The summed E-state index contributed by atoms with van der Waals surface area (Å²) in [6.07, 6.45) is 3.06. The Morgan fingerprint density at radius 3 is 2.62 bits per heavy atom. The zero-order valence-electron chi connectivity index (χ0n) is 14.9. The second kappa shape index (κ2) is 10.4. The molecule has 1 aromatic carbocycles. The number of amides is 1. The maximum Gasteiger partial charge on any atom is 0.236 e.